The quantitative estimate of drug-likeness (QED) is 0.770. The summed E-state index contributed by atoms with van der Waals surface area (Å²) in [4.78, 5) is 13.6. The summed E-state index contributed by atoms with van der Waals surface area (Å²) in [7, 11) is 1.78. The number of carbonyl (C=O) groups is 1. The molecule has 0 unspecified atom stereocenters. The summed E-state index contributed by atoms with van der Waals surface area (Å²) in [5.74, 6) is 0.102. The minimum Gasteiger partial charge on any atom is -0.351 e. The van der Waals surface area contributed by atoms with E-state index in [9.17, 15) is 4.79 Å². The molecule has 0 aromatic rings. The number of carbonyl (C=O) groups excluding carboxylic acids is 1. The van der Waals surface area contributed by atoms with Gasteiger partial charge in [0.05, 0.1) is 6.54 Å². The molecular formula is C12H31N3O. The molecule has 0 aliphatic carbocycles. The molecule has 100 valence electrons. The Morgan fingerprint density at radius 1 is 1.44 bits per heavy atom. The summed E-state index contributed by atoms with van der Waals surface area (Å²) in [6.07, 6.45) is 2.34. The number of nitrogens with zero attached hydrogens (tertiary/aromatic N) is 1. The van der Waals surface area contributed by atoms with Gasteiger partial charge in [-0.25, -0.2) is 0 Å². The standard InChI is InChI=1S/C9H19N3O.C3H8.2H2/c1-3-12-5-4-8(7-12)11-9(13)6-10-2;1-3-2;;/h8,10H,3-7H2,1-2H3,(H,11,13);3H2,1-2H3;2*1H/t8-;;;/m1.../s1. The van der Waals surface area contributed by atoms with Crippen LogP contribution in [-0.2, 0) is 4.79 Å². The van der Waals surface area contributed by atoms with Gasteiger partial charge in [0.2, 0.25) is 5.91 Å². The lowest BCUT2D eigenvalue weighted by atomic mass is 10.2. The van der Waals surface area contributed by atoms with Gasteiger partial charge >= 0.3 is 0 Å². The minimum atomic E-state index is 0. The Kier molecular flexibility index (Phi) is 9.24. The summed E-state index contributed by atoms with van der Waals surface area (Å²) in [6, 6.07) is 0.362. The van der Waals surface area contributed by atoms with E-state index in [1.54, 1.807) is 7.05 Å². The van der Waals surface area contributed by atoms with Gasteiger partial charge in [-0.3, -0.25) is 4.79 Å². The predicted molar refractivity (Wildman–Crippen MR) is 72.8 cm³/mol. The maximum Gasteiger partial charge on any atom is 0.234 e. The molecule has 0 spiro atoms. The molecule has 1 fully saturated rings. The van der Waals surface area contributed by atoms with Gasteiger partial charge in [0.25, 0.3) is 0 Å². The van der Waals surface area contributed by atoms with Crippen molar-refractivity contribution in [3.05, 3.63) is 0 Å². The van der Waals surface area contributed by atoms with Crippen LogP contribution < -0.4 is 10.6 Å². The molecule has 0 aromatic heterocycles. The zero-order valence-electron chi connectivity index (χ0n) is 11.2. The number of rotatable bonds is 4. The lowest BCUT2D eigenvalue weighted by Gasteiger charge is -2.14. The van der Waals surface area contributed by atoms with Crippen LogP contribution in [0.15, 0.2) is 0 Å². The second kappa shape index (κ2) is 9.60. The molecule has 4 nitrogen and oxygen atoms in total. The minimum absolute atomic E-state index is 0. The molecule has 1 heterocycles. The highest BCUT2D eigenvalue weighted by Gasteiger charge is 2.21. The van der Waals surface area contributed by atoms with Crippen molar-refractivity contribution in [2.75, 3.05) is 33.2 Å². The van der Waals surface area contributed by atoms with Gasteiger partial charge in [-0.15, -0.1) is 0 Å². The van der Waals surface area contributed by atoms with Crippen LogP contribution in [0.5, 0.6) is 0 Å². The monoisotopic (exact) mass is 233 g/mol. The lowest BCUT2D eigenvalue weighted by Crippen LogP contribution is -2.41. The van der Waals surface area contributed by atoms with Crippen molar-refractivity contribution in [2.45, 2.75) is 39.7 Å². The maximum absolute atomic E-state index is 11.2. The highest BCUT2D eigenvalue weighted by atomic mass is 16.2. The molecular weight excluding hydrogens is 202 g/mol. The maximum atomic E-state index is 11.2. The van der Waals surface area contributed by atoms with E-state index in [0.29, 0.717) is 12.6 Å². The second-order valence-corrected chi connectivity index (χ2v) is 4.18. The van der Waals surface area contributed by atoms with E-state index in [2.05, 4.69) is 36.3 Å². The normalized spacial score (nSPS) is 20.1. The molecule has 1 atom stereocenters. The van der Waals surface area contributed by atoms with Crippen LogP contribution in [0.1, 0.15) is 36.5 Å². The van der Waals surface area contributed by atoms with Gasteiger partial charge < -0.3 is 15.5 Å². The average molecular weight is 233 g/mol. The summed E-state index contributed by atoms with van der Waals surface area (Å²) in [5, 5.41) is 5.84. The van der Waals surface area contributed by atoms with E-state index in [0.717, 1.165) is 26.1 Å². The van der Waals surface area contributed by atoms with Crippen LogP contribution in [0.3, 0.4) is 0 Å². The number of nitrogens with one attached hydrogen (secondary N) is 2. The van der Waals surface area contributed by atoms with Crippen LogP contribution in [0.25, 0.3) is 0 Å². The molecule has 0 saturated carbocycles. The average Bonchev–Trinajstić information content (AvgIpc) is 2.67. The molecule has 16 heavy (non-hydrogen) atoms. The first-order valence-electron chi connectivity index (χ1n) is 6.34. The second-order valence-electron chi connectivity index (χ2n) is 4.18. The fourth-order valence-corrected chi connectivity index (χ4v) is 1.68. The van der Waals surface area contributed by atoms with Gasteiger partial charge in [0.15, 0.2) is 0 Å². The highest BCUT2D eigenvalue weighted by molar-refractivity contribution is 5.78. The van der Waals surface area contributed by atoms with E-state index in [1.807, 2.05) is 0 Å². The molecule has 1 saturated heterocycles. The van der Waals surface area contributed by atoms with Crippen molar-refractivity contribution < 1.29 is 7.65 Å². The Morgan fingerprint density at radius 2 is 2.06 bits per heavy atom. The summed E-state index contributed by atoms with van der Waals surface area (Å²) in [6.45, 7) is 10.0. The third-order valence-electron chi connectivity index (χ3n) is 2.42. The van der Waals surface area contributed by atoms with Gasteiger partial charge in [-0.1, -0.05) is 27.2 Å². The van der Waals surface area contributed by atoms with E-state index >= 15 is 0 Å². The number of hydrogen-bond donors (Lipinski definition) is 2. The summed E-state index contributed by atoms with van der Waals surface area (Å²) in [5.41, 5.74) is 0. The van der Waals surface area contributed by atoms with Crippen LogP contribution in [-0.4, -0.2) is 50.1 Å². The fraction of sp³-hybridized carbons (Fsp3) is 0.917. The Labute approximate surface area is 103 Å². The largest absolute Gasteiger partial charge is 0.351 e. The molecule has 0 aromatic carbocycles. The molecule has 2 N–H and O–H groups in total. The van der Waals surface area contributed by atoms with Crippen LogP contribution in [0, 0.1) is 0 Å². The number of amides is 1. The first kappa shape index (κ1) is 15.4. The van der Waals surface area contributed by atoms with Crippen molar-refractivity contribution >= 4 is 5.91 Å². The van der Waals surface area contributed by atoms with E-state index < -0.39 is 0 Å². The third-order valence-corrected chi connectivity index (χ3v) is 2.42. The molecule has 1 rings (SSSR count). The Balaban J connectivity index is -0.000000410. The molecule has 1 aliphatic rings. The van der Waals surface area contributed by atoms with E-state index in [1.165, 1.54) is 6.42 Å². The van der Waals surface area contributed by atoms with Gasteiger partial charge in [-0.05, 0) is 20.0 Å². The molecule has 0 radical (unpaired) electrons. The van der Waals surface area contributed by atoms with E-state index in [4.69, 9.17) is 0 Å². The van der Waals surface area contributed by atoms with Crippen molar-refractivity contribution in [2.24, 2.45) is 0 Å². The molecule has 1 aliphatic heterocycles. The number of likely N-dealkylation sites (tertiary alicyclic amines) is 1. The fourth-order valence-electron chi connectivity index (χ4n) is 1.68. The van der Waals surface area contributed by atoms with Crippen molar-refractivity contribution in [3.8, 4) is 0 Å². The van der Waals surface area contributed by atoms with Crippen molar-refractivity contribution in [1.82, 2.24) is 15.5 Å². The third kappa shape index (κ3) is 6.80. The first-order valence-corrected chi connectivity index (χ1v) is 6.34. The van der Waals surface area contributed by atoms with Crippen molar-refractivity contribution in [3.63, 3.8) is 0 Å². The number of hydrogen-bond acceptors (Lipinski definition) is 3. The Morgan fingerprint density at radius 3 is 2.50 bits per heavy atom. The summed E-state index contributed by atoms with van der Waals surface area (Å²) < 4.78 is 0. The predicted octanol–water partition coefficient (Wildman–Crippen LogP) is 1.32. The van der Waals surface area contributed by atoms with Crippen LogP contribution in [0.4, 0.5) is 0 Å². The highest BCUT2D eigenvalue weighted by Crippen LogP contribution is 2.07. The number of likely N-dealkylation sites (N-methyl/N-ethyl adjacent to an activating group) is 2. The van der Waals surface area contributed by atoms with E-state index in [-0.39, 0.29) is 8.76 Å². The van der Waals surface area contributed by atoms with Crippen LogP contribution >= 0.6 is 0 Å². The van der Waals surface area contributed by atoms with Crippen molar-refractivity contribution in [1.29, 1.82) is 0 Å². The van der Waals surface area contributed by atoms with Crippen LogP contribution in [0.2, 0.25) is 0 Å². The Hall–Kier alpha value is -0.610. The Bertz CT molecular complexity index is 194. The molecule has 4 heteroatoms. The van der Waals surface area contributed by atoms with Gasteiger partial charge in [0, 0.05) is 22.0 Å². The topological polar surface area (TPSA) is 44.4 Å². The SMILES string of the molecule is CCC.CCN1CC[C@@H](NC(=O)CNC)C1.[HH].[HH]. The van der Waals surface area contributed by atoms with Gasteiger partial charge in [-0.2, -0.15) is 0 Å². The zero-order chi connectivity index (χ0) is 12.4. The summed E-state index contributed by atoms with van der Waals surface area (Å²) >= 11 is 0. The molecule has 0 bridgehead atoms. The molecule has 1 amide bonds. The zero-order valence-corrected chi connectivity index (χ0v) is 11.2. The van der Waals surface area contributed by atoms with Gasteiger partial charge in [0.1, 0.15) is 0 Å². The first-order chi connectivity index (χ1) is 7.67. The smallest absolute Gasteiger partial charge is 0.234 e. The lowest BCUT2D eigenvalue weighted by molar-refractivity contribution is -0.120.